The van der Waals surface area contributed by atoms with E-state index in [1.807, 2.05) is 25.1 Å². The number of nitrogens with zero attached hydrogens (tertiary/aromatic N) is 1. The highest BCUT2D eigenvalue weighted by Crippen LogP contribution is 2.39. The minimum absolute atomic E-state index is 0.168. The fourth-order valence-electron chi connectivity index (χ4n) is 2.27. The van der Waals surface area contributed by atoms with E-state index in [4.69, 9.17) is 11.3 Å². The van der Waals surface area contributed by atoms with Crippen molar-refractivity contribution in [3.8, 4) is 0 Å². The molecular weight excluding hydrogens is 266 g/mol. The molecule has 0 N–H and O–H groups in total. The van der Waals surface area contributed by atoms with Crippen molar-refractivity contribution in [1.82, 2.24) is 0 Å². The Bertz CT molecular complexity index is 426. The van der Waals surface area contributed by atoms with Crippen molar-refractivity contribution < 1.29 is 4.74 Å². The number of ether oxygens (including phenoxy) is 1. The van der Waals surface area contributed by atoms with Gasteiger partial charge in [-0.1, -0.05) is 28.1 Å². The van der Waals surface area contributed by atoms with Gasteiger partial charge in [-0.25, -0.2) is 6.57 Å². The summed E-state index contributed by atoms with van der Waals surface area (Å²) in [7, 11) is 0. The van der Waals surface area contributed by atoms with Crippen molar-refractivity contribution in [2.75, 3.05) is 6.61 Å². The van der Waals surface area contributed by atoms with Gasteiger partial charge in [-0.05, 0) is 19.1 Å². The van der Waals surface area contributed by atoms with E-state index in [9.17, 15) is 0 Å². The molecule has 1 heterocycles. The summed E-state index contributed by atoms with van der Waals surface area (Å²) >= 11 is 3.46. The Morgan fingerprint density at radius 3 is 3.00 bits per heavy atom. The highest BCUT2D eigenvalue weighted by Gasteiger charge is 2.43. The number of rotatable bonds is 1. The van der Waals surface area contributed by atoms with Gasteiger partial charge in [0, 0.05) is 10.0 Å². The van der Waals surface area contributed by atoms with E-state index in [1.54, 1.807) is 0 Å². The Morgan fingerprint density at radius 2 is 2.38 bits per heavy atom. The average Bonchev–Trinajstić information content (AvgIpc) is 2.29. The maximum absolute atomic E-state index is 7.50. The van der Waals surface area contributed by atoms with Crippen LogP contribution in [-0.4, -0.2) is 12.7 Å². The number of hydrogen-bond donors (Lipinski definition) is 0. The monoisotopic (exact) mass is 279 g/mol. The Balaban J connectivity index is 2.38. The summed E-state index contributed by atoms with van der Waals surface area (Å²) in [5, 5.41) is 0. The molecule has 1 aliphatic heterocycles. The lowest BCUT2D eigenvalue weighted by molar-refractivity contribution is 0.00111. The zero-order valence-corrected chi connectivity index (χ0v) is 10.8. The first-order valence-corrected chi connectivity index (χ1v) is 6.22. The second kappa shape index (κ2) is 4.57. The summed E-state index contributed by atoms with van der Waals surface area (Å²) in [4.78, 5) is 3.89. The quantitative estimate of drug-likeness (QED) is 0.714. The van der Waals surface area contributed by atoms with Crippen LogP contribution in [0.25, 0.3) is 4.85 Å². The summed E-state index contributed by atoms with van der Waals surface area (Å²) in [6.45, 7) is 10.2. The van der Waals surface area contributed by atoms with Gasteiger partial charge in [0.05, 0.1) is 25.6 Å². The Kier molecular flexibility index (Phi) is 3.32. The molecule has 2 nitrogen and oxygen atoms in total. The zero-order valence-electron chi connectivity index (χ0n) is 9.24. The second-order valence-corrected chi connectivity index (χ2v) is 5.20. The molecule has 0 aromatic heterocycles. The molecule has 16 heavy (non-hydrogen) atoms. The first-order valence-electron chi connectivity index (χ1n) is 5.42. The van der Waals surface area contributed by atoms with Gasteiger partial charge in [0.1, 0.15) is 0 Å². The molecule has 0 radical (unpaired) electrons. The van der Waals surface area contributed by atoms with Crippen LogP contribution >= 0.6 is 15.9 Å². The third-order valence-corrected chi connectivity index (χ3v) is 3.61. The van der Waals surface area contributed by atoms with Crippen LogP contribution in [0.5, 0.6) is 0 Å². The number of benzene rings is 1. The van der Waals surface area contributed by atoms with Gasteiger partial charge in [0.2, 0.25) is 0 Å². The minimum atomic E-state index is -0.387. The maximum Gasteiger partial charge on any atom is 0.262 e. The third kappa shape index (κ3) is 2.14. The van der Waals surface area contributed by atoms with Gasteiger partial charge in [0.15, 0.2) is 0 Å². The fraction of sp³-hybridized carbons (Fsp3) is 0.462. The fourth-order valence-corrected chi connectivity index (χ4v) is 2.67. The Hall–Kier alpha value is -0.850. The molecule has 1 aliphatic rings. The lowest BCUT2D eigenvalue weighted by atomic mass is 9.81. The highest BCUT2D eigenvalue weighted by atomic mass is 79.9. The van der Waals surface area contributed by atoms with Crippen LogP contribution in [0.4, 0.5) is 0 Å². The van der Waals surface area contributed by atoms with Crippen molar-refractivity contribution in [3.05, 3.63) is 45.7 Å². The normalized spacial score (nSPS) is 29.7. The average molecular weight is 280 g/mol. The van der Waals surface area contributed by atoms with Crippen LogP contribution in [0.2, 0.25) is 0 Å². The van der Waals surface area contributed by atoms with E-state index in [0.29, 0.717) is 6.61 Å². The van der Waals surface area contributed by atoms with Gasteiger partial charge in [0.25, 0.3) is 5.54 Å². The molecule has 1 aromatic carbocycles. The van der Waals surface area contributed by atoms with Crippen molar-refractivity contribution >= 4 is 15.9 Å². The number of hydrogen-bond acceptors (Lipinski definition) is 1. The topological polar surface area (TPSA) is 13.6 Å². The molecule has 3 heteroatoms. The predicted octanol–water partition coefficient (Wildman–Crippen LogP) is 3.76. The summed E-state index contributed by atoms with van der Waals surface area (Å²) in [5.74, 6) is 0. The van der Waals surface area contributed by atoms with E-state index in [2.05, 4.69) is 26.8 Å². The molecule has 0 saturated carbocycles. The molecule has 84 valence electrons. The van der Waals surface area contributed by atoms with Crippen LogP contribution in [0.1, 0.15) is 25.3 Å². The first kappa shape index (κ1) is 11.6. The number of halogens is 1. The largest absolute Gasteiger partial charge is 0.378 e. The van der Waals surface area contributed by atoms with Crippen molar-refractivity contribution in [2.24, 2.45) is 0 Å². The van der Waals surface area contributed by atoms with E-state index in [0.717, 1.165) is 22.9 Å². The lowest BCUT2D eigenvalue weighted by Crippen LogP contribution is -2.34. The van der Waals surface area contributed by atoms with Crippen molar-refractivity contribution in [2.45, 2.75) is 31.4 Å². The molecule has 0 amide bonds. The summed E-state index contributed by atoms with van der Waals surface area (Å²) in [6, 6.07) is 8.08. The minimum Gasteiger partial charge on any atom is -0.378 e. The molecule has 2 rings (SSSR count). The standard InChI is InChI=1S/C13H14BrNO/c1-10-9-13(15-2,6-7-16-10)11-4-3-5-12(14)8-11/h3-5,8,10H,6-7,9H2,1H3. The van der Waals surface area contributed by atoms with Crippen LogP contribution in [-0.2, 0) is 10.3 Å². The van der Waals surface area contributed by atoms with Gasteiger partial charge in [-0.2, -0.15) is 0 Å². The van der Waals surface area contributed by atoms with Crippen LogP contribution < -0.4 is 0 Å². The van der Waals surface area contributed by atoms with Crippen LogP contribution in [0.3, 0.4) is 0 Å². The van der Waals surface area contributed by atoms with E-state index in [1.165, 1.54) is 0 Å². The zero-order chi connectivity index (χ0) is 11.6. The first-order chi connectivity index (χ1) is 7.66. The SMILES string of the molecule is [C-]#[N+]C1(c2cccc(Br)c2)CCOC(C)C1. The molecular formula is C13H14BrNO. The molecule has 0 bridgehead atoms. The molecule has 2 atom stereocenters. The molecule has 1 aromatic rings. The smallest absolute Gasteiger partial charge is 0.262 e. The van der Waals surface area contributed by atoms with Crippen molar-refractivity contribution in [1.29, 1.82) is 0 Å². The summed E-state index contributed by atoms with van der Waals surface area (Å²) in [5.41, 5.74) is 0.716. The van der Waals surface area contributed by atoms with Gasteiger partial charge >= 0.3 is 0 Å². The molecule has 0 aliphatic carbocycles. The summed E-state index contributed by atoms with van der Waals surface area (Å²) in [6.07, 6.45) is 1.74. The molecule has 1 fully saturated rings. The molecule has 2 unspecified atom stereocenters. The van der Waals surface area contributed by atoms with Gasteiger partial charge in [-0.15, -0.1) is 0 Å². The van der Waals surface area contributed by atoms with Crippen LogP contribution in [0.15, 0.2) is 28.7 Å². The van der Waals surface area contributed by atoms with E-state index < -0.39 is 0 Å². The van der Waals surface area contributed by atoms with Gasteiger partial charge < -0.3 is 9.58 Å². The predicted molar refractivity (Wildman–Crippen MR) is 67.1 cm³/mol. The highest BCUT2D eigenvalue weighted by molar-refractivity contribution is 9.10. The Labute approximate surface area is 105 Å². The van der Waals surface area contributed by atoms with E-state index in [-0.39, 0.29) is 11.6 Å². The lowest BCUT2D eigenvalue weighted by Gasteiger charge is -2.30. The molecule has 1 saturated heterocycles. The third-order valence-electron chi connectivity index (χ3n) is 3.12. The molecule has 0 spiro atoms. The van der Waals surface area contributed by atoms with Crippen LogP contribution in [0, 0.1) is 6.57 Å². The second-order valence-electron chi connectivity index (χ2n) is 4.29. The van der Waals surface area contributed by atoms with Crippen molar-refractivity contribution in [3.63, 3.8) is 0 Å². The Morgan fingerprint density at radius 1 is 1.56 bits per heavy atom. The maximum atomic E-state index is 7.50. The van der Waals surface area contributed by atoms with Gasteiger partial charge in [-0.3, -0.25) is 0 Å². The van der Waals surface area contributed by atoms with E-state index >= 15 is 0 Å². The summed E-state index contributed by atoms with van der Waals surface area (Å²) < 4.78 is 6.57.